The predicted octanol–water partition coefficient (Wildman–Crippen LogP) is 3.37. The summed E-state index contributed by atoms with van der Waals surface area (Å²) in [4.78, 5) is 38.9. The minimum Gasteiger partial charge on any atom is -0.451 e. The van der Waals surface area contributed by atoms with Crippen LogP contribution in [0.3, 0.4) is 0 Å². The topological polar surface area (TPSA) is 101 Å². The summed E-state index contributed by atoms with van der Waals surface area (Å²) in [7, 11) is 0. The Morgan fingerprint density at radius 3 is 2.66 bits per heavy atom. The Bertz CT molecular complexity index is 1010. The van der Waals surface area contributed by atoms with Crippen molar-refractivity contribution in [3.8, 4) is 0 Å². The molecular formula is C23H30FN3O5. The number of likely N-dealkylation sites (tertiary alicyclic amines) is 1. The molecular weight excluding hydrogens is 417 g/mol. The molecule has 2 aromatic rings. The van der Waals surface area contributed by atoms with Crippen LogP contribution in [0.4, 0.5) is 9.18 Å². The maximum Gasteiger partial charge on any atom is 0.407 e. The zero-order chi connectivity index (χ0) is 23.5. The highest BCUT2D eigenvalue weighted by Gasteiger charge is 2.31. The van der Waals surface area contributed by atoms with E-state index in [9.17, 15) is 18.8 Å². The Hall–Kier alpha value is -3.10. The summed E-state index contributed by atoms with van der Waals surface area (Å²) in [5.74, 6) is -1.04. The number of aryl methyl sites for hydroxylation is 1. The number of amides is 3. The molecule has 0 radical (unpaired) electrons. The van der Waals surface area contributed by atoms with Gasteiger partial charge in [-0.1, -0.05) is 0 Å². The van der Waals surface area contributed by atoms with Crippen LogP contribution in [0, 0.1) is 18.7 Å². The number of hydrogen-bond donors (Lipinski definition) is 2. The average Bonchev–Trinajstić information content (AvgIpc) is 3.05. The molecule has 1 saturated heterocycles. The van der Waals surface area contributed by atoms with Gasteiger partial charge in [0.05, 0.1) is 5.92 Å². The second-order valence-corrected chi connectivity index (χ2v) is 9.01. The largest absolute Gasteiger partial charge is 0.451 e. The van der Waals surface area contributed by atoms with E-state index in [1.54, 1.807) is 32.6 Å². The van der Waals surface area contributed by atoms with Crippen LogP contribution < -0.4 is 10.6 Å². The Morgan fingerprint density at radius 1 is 1.22 bits per heavy atom. The number of carbonyl (C=O) groups excluding carboxylic acids is 3. The van der Waals surface area contributed by atoms with Crippen molar-refractivity contribution >= 4 is 28.9 Å². The van der Waals surface area contributed by atoms with Crippen LogP contribution in [-0.2, 0) is 9.53 Å². The van der Waals surface area contributed by atoms with E-state index in [0.29, 0.717) is 35.9 Å². The molecule has 9 heteroatoms. The summed E-state index contributed by atoms with van der Waals surface area (Å²) in [6.45, 7) is 8.34. The number of carbonyl (C=O) groups is 3. The van der Waals surface area contributed by atoms with Crippen molar-refractivity contribution in [2.24, 2.45) is 5.92 Å². The average molecular weight is 448 g/mol. The second-order valence-electron chi connectivity index (χ2n) is 9.01. The smallest absolute Gasteiger partial charge is 0.407 e. The lowest BCUT2D eigenvalue weighted by molar-refractivity contribution is -0.126. The highest BCUT2D eigenvalue weighted by molar-refractivity contribution is 5.99. The molecule has 174 valence electrons. The maximum absolute atomic E-state index is 13.6. The molecule has 2 N–H and O–H groups in total. The first kappa shape index (κ1) is 23.6. The van der Waals surface area contributed by atoms with Gasteiger partial charge in [0.15, 0.2) is 5.76 Å². The molecule has 2 heterocycles. The van der Waals surface area contributed by atoms with E-state index < -0.39 is 17.5 Å². The molecule has 1 atom stereocenters. The number of piperidine rings is 1. The summed E-state index contributed by atoms with van der Waals surface area (Å²) in [6, 6.07) is 4.15. The van der Waals surface area contributed by atoms with Crippen molar-refractivity contribution in [3.63, 3.8) is 0 Å². The fraction of sp³-hybridized carbons (Fsp3) is 0.522. The first-order chi connectivity index (χ1) is 15.0. The maximum atomic E-state index is 13.6. The summed E-state index contributed by atoms with van der Waals surface area (Å²) in [5, 5.41) is 5.95. The zero-order valence-corrected chi connectivity index (χ0v) is 18.9. The van der Waals surface area contributed by atoms with Crippen molar-refractivity contribution in [2.75, 3.05) is 26.2 Å². The first-order valence-corrected chi connectivity index (χ1v) is 10.8. The zero-order valence-electron chi connectivity index (χ0n) is 18.9. The molecule has 32 heavy (non-hydrogen) atoms. The van der Waals surface area contributed by atoms with E-state index in [-0.39, 0.29) is 43.1 Å². The van der Waals surface area contributed by atoms with Crippen molar-refractivity contribution < 1.29 is 27.9 Å². The van der Waals surface area contributed by atoms with E-state index in [4.69, 9.17) is 9.15 Å². The van der Waals surface area contributed by atoms with Gasteiger partial charge in [-0.3, -0.25) is 9.59 Å². The third kappa shape index (κ3) is 5.77. The Balaban J connectivity index is 1.53. The van der Waals surface area contributed by atoms with Crippen LogP contribution in [0.1, 0.15) is 49.7 Å². The molecule has 3 amide bonds. The molecule has 8 nitrogen and oxygen atoms in total. The Morgan fingerprint density at radius 2 is 1.94 bits per heavy atom. The minimum absolute atomic E-state index is 0.170. The molecule has 1 aromatic carbocycles. The number of benzene rings is 1. The number of fused-ring (bicyclic) bond motifs is 1. The lowest BCUT2D eigenvalue weighted by Crippen LogP contribution is -2.46. The van der Waals surface area contributed by atoms with Crippen LogP contribution in [0.25, 0.3) is 11.0 Å². The van der Waals surface area contributed by atoms with Gasteiger partial charge >= 0.3 is 6.09 Å². The van der Waals surface area contributed by atoms with Gasteiger partial charge in [0.1, 0.15) is 17.0 Å². The fourth-order valence-electron chi connectivity index (χ4n) is 3.73. The van der Waals surface area contributed by atoms with Crippen LogP contribution in [0.5, 0.6) is 0 Å². The minimum atomic E-state index is -0.586. The van der Waals surface area contributed by atoms with E-state index in [1.165, 1.54) is 18.2 Å². The second kappa shape index (κ2) is 9.58. The van der Waals surface area contributed by atoms with E-state index in [0.717, 1.165) is 0 Å². The number of furan rings is 1. The van der Waals surface area contributed by atoms with Gasteiger partial charge in [0, 0.05) is 37.1 Å². The lowest BCUT2D eigenvalue weighted by atomic mass is 9.96. The third-order valence-corrected chi connectivity index (χ3v) is 5.26. The number of ether oxygens (including phenoxy) is 1. The van der Waals surface area contributed by atoms with Gasteiger partial charge < -0.3 is 24.7 Å². The Labute approximate surface area is 186 Å². The highest BCUT2D eigenvalue weighted by Crippen LogP contribution is 2.28. The molecule has 0 saturated carbocycles. The molecule has 1 aliphatic heterocycles. The molecule has 0 bridgehead atoms. The van der Waals surface area contributed by atoms with Crippen LogP contribution in [0.15, 0.2) is 22.6 Å². The number of alkyl carbamates (subject to hydrolysis) is 1. The number of nitrogens with one attached hydrogen (secondary N) is 2. The van der Waals surface area contributed by atoms with Crippen molar-refractivity contribution in [1.29, 1.82) is 0 Å². The molecule has 0 aliphatic carbocycles. The number of nitrogens with zero attached hydrogens (tertiary/aromatic N) is 1. The Kier molecular flexibility index (Phi) is 7.06. The number of rotatable bonds is 5. The highest BCUT2D eigenvalue weighted by atomic mass is 19.1. The monoisotopic (exact) mass is 447 g/mol. The molecule has 3 rings (SSSR count). The van der Waals surface area contributed by atoms with Gasteiger partial charge in [-0.25, -0.2) is 9.18 Å². The number of hydrogen-bond acceptors (Lipinski definition) is 5. The SMILES string of the molecule is Cc1c(C(=O)N2CCCC(C(=O)NCCNC(=O)OC(C)(C)C)C2)oc2ccc(F)cc12. The van der Waals surface area contributed by atoms with Crippen LogP contribution in [0.2, 0.25) is 0 Å². The molecule has 1 unspecified atom stereocenters. The normalized spacial score (nSPS) is 16.7. The molecule has 1 fully saturated rings. The van der Waals surface area contributed by atoms with Gasteiger partial charge in [0.25, 0.3) is 5.91 Å². The molecule has 1 aliphatic rings. The standard InChI is InChI=1S/C23H30FN3O5/c1-14-17-12-16(24)7-8-18(17)31-19(14)21(29)27-11-5-6-15(13-27)20(28)25-9-10-26-22(30)32-23(2,3)4/h7-8,12,15H,5-6,9-11,13H2,1-4H3,(H,25,28)(H,26,30). The molecule has 0 spiro atoms. The summed E-state index contributed by atoms with van der Waals surface area (Å²) < 4.78 is 24.4. The van der Waals surface area contributed by atoms with Gasteiger partial charge in [0.2, 0.25) is 5.91 Å². The van der Waals surface area contributed by atoms with E-state index >= 15 is 0 Å². The van der Waals surface area contributed by atoms with Crippen molar-refractivity contribution in [2.45, 2.75) is 46.1 Å². The predicted molar refractivity (Wildman–Crippen MR) is 117 cm³/mol. The summed E-state index contributed by atoms with van der Waals surface area (Å²) in [6.07, 6.45) is 0.815. The van der Waals surface area contributed by atoms with Crippen LogP contribution in [-0.4, -0.2) is 54.6 Å². The van der Waals surface area contributed by atoms with Crippen molar-refractivity contribution in [3.05, 3.63) is 35.3 Å². The van der Waals surface area contributed by atoms with Gasteiger partial charge in [-0.2, -0.15) is 0 Å². The lowest BCUT2D eigenvalue weighted by Gasteiger charge is -2.31. The van der Waals surface area contributed by atoms with Gasteiger partial charge in [-0.05, 0) is 58.7 Å². The fourth-order valence-corrected chi connectivity index (χ4v) is 3.73. The molecule has 1 aromatic heterocycles. The van der Waals surface area contributed by atoms with Gasteiger partial charge in [-0.15, -0.1) is 0 Å². The van der Waals surface area contributed by atoms with Crippen molar-refractivity contribution in [1.82, 2.24) is 15.5 Å². The number of halogens is 1. The first-order valence-electron chi connectivity index (χ1n) is 10.8. The quantitative estimate of drug-likeness (QED) is 0.685. The van der Waals surface area contributed by atoms with E-state index in [2.05, 4.69) is 10.6 Å². The van der Waals surface area contributed by atoms with Crippen LogP contribution >= 0.6 is 0 Å². The van der Waals surface area contributed by atoms with E-state index in [1.807, 2.05) is 0 Å². The third-order valence-electron chi connectivity index (χ3n) is 5.26. The summed E-state index contributed by atoms with van der Waals surface area (Å²) in [5.41, 5.74) is 0.456. The summed E-state index contributed by atoms with van der Waals surface area (Å²) >= 11 is 0.